The number of phenols is 2. The maximum atomic E-state index is 9.47. The topological polar surface area (TPSA) is 65.4 Å². The average Bonchev–Trinajstić information content (AvgIpc) is 2.48. The second-order valence-corrected chi connectivity index (χ2v) is 4.63. The molecule has 0 unspecified atom stereocenters. The minimum absolute atomic E-state index is 0.203. The first-order chi connectivity index (χ1) is 10.2. The first-order valence-electron chi connectivity index (χ1n) is 6.53. The molecule has 0 saturated heterocycles. The Balaban J connectivity index is 1.88. The highest BCUT2D eigenvalue weighted by Crippen LogP contribution is 2.23. The predicted octanol–water partition coefficient (Wildman–Crippen LogP) is 3.90. The Morgan fingerprint density at radius 2 is 1.52 bits per heavy atom. The van der Waals surface area contributed by atoms with E-state index in [1.807, 2.05) is 36.4 Å². The lowest BCUT2D eigenvalue weighted by Gasteiger charge is -2.08. The van der Waals surface area contributed by atoms with E-state index >= 15 is 0 Å². The molecule has 0 saturated carbocycles. The van der Waals surface area contributed by atoms with Crippen LogP contribution in [0, 0.1) is 0 Å². The molecule has 0 bridgehead atoms. The molecule has 0 aliphatic carbocycles. The number of nitrogens with zero attached hydrogens (tertiary/aromatic N) is 1. The van der Waals surface area contributed by atoms with Crippen molar-refractivity contribution < 1.29 is 10.2 Å². The number of rotatable bonds is 3. The van der Waals surface area contributed by atoms with Crippen LogP contribution in [0.4, 0.5) is 11.5 Å². The number of phenolic OH excluding ortho intramolecular Hbond substituents is 2. The van der Waals surface area contributed by atoms with Crippen LogP contribution >= 0.6 is 0 Å². The van der Waals surface area contributed by atoms with Crippen LogP contribution in [0.25, 0.3) is 11.3 Å². The fourth-order valence-electron chi connectivity index (χ4n) is 2.03. The van der Waals surface area contributed by atoms with Gasteiger partial charge in [-0.2, -0.15) is 0 Å². The van der Waals surface area contributed by atoms with Gasteiger partial charge in [0.25, 0.3) is 0 Å². The molecule has 4 heteroatoms. The van der Waals surface area contributed by atoms with E-state index in [0.717, 1.165) is 16.9 Å². The van der Waals surface area contributed by atoms with E-state index in [1.54, 1.807) is 30.3 Å². The number of anilines is 2. The molecule has 4 nitrogen and oxygen atoms in total. The van der Waals surface area contributed by atoms with Crippen molar-refractivity contribution in [3.63, 3.8) is 0 Å². The summed E-state index contributed by atoms with van der Waals surface area (Å²) in [5, 5.41) is 21.9. The summed E-state index contributed by atoms with van der Waals surface area (Å²) >= 11 is 0. The number of aromatic nitrogens is 1. The van der Waals surface area contributed by atoms with Gasteiger partial charge in [-0.25, -0.2) is 4.98 Å². The summed E-state index contributed by atoms with van der Waals surface area (Å²) in [6.45, 7) is 0. The normalized spacial score (nSPS) is 10.3. The van der Waals surface area contributed by atoms with Crippen molar-refractivity contribution in [2.45, 2.75) is 0 Å². The van der Waals surface area contributed by atoms with Crippen LogP contribution in [0.15, 0.2) is 66.7 Å². The summed E-state index contributed by atoms with van der Waals surface area (Å²) in [5.74, 6) is 1.12. The molecule has 0 radical (unpaired) electrons. The van der Waals surface area contributed by atoms with Crippen LogP contribution in [-0.4, -0.2) is 15.2 Å². The van der Waals surface area contributed by atoms with Crippen LogP contribution in [0.1, 0.15) is 0 Å². The summed E-state index contributed by atoms with van der Waals surface area (Å²) in [7, 11) is 0. The minimum Gasteiger partial charge on any atom is -0.508 e. The summed E-state index contributed by atoms with van der Waals surface area (Å²) in [4.78, 5) is 4.52. The van der Waals surface area contributed by atoms with Gasteiger partial charge in [-0.1, -0.05) is 12.1 Å². The molecule has 3 N–H and O–H groups in total. The van der Waals surface area contributed by atoms with E-state index in [1.165, 1.54) is 0 Å². The average molecular weight is 278 g/mol. The Labute approximate surface area is 122 Å². The molecule has 0 atom stereocenters. The van der Waals surface area contributed by atoms with Gasteiger partial charge in [0.2, 0.25) is 0 Å². The highest BCUT2D eigenvalue weighted by atomic mass is 16.3. The van der Waals surface area contributed by atoms with Gasteiger partial charge in [0.1, 0.15) is 17.3 Å². The standard InChI is InChI=1S/C17H14N2O2/c20-14-9-7-12(8-10-14)16-5-2-6-17(19-16)18-13-3-1-4-15(21)11-13/h1-11,20-21H,(H,18,19). The zero-order valence-electron chi connectivity index (χ0n) is 11.2. The number of aromatic hydroxyl groups is 2. The zero-order valence-corrected chi connectivity index (χ0v) is 11.2. The molecule has 3 rings (SSSR count). The van der Waals surface area contributed by atoms with Gasteiger partial charge in [-0.05, 0) is 48.5 Å². The molecule has 2 aromatic carbocycles. The molecule has 0 aliphatic heterocycles. The van der Waals surface area contributed by atoms with Crippen molar-refractivity contribution >= 4 is 11.5 Å². The lowest BCUT2D eigenvalue weighted by Crippen LogP contribution is -1.94. The molecule has 1 aromatic heterocycles. The quantitative estimate of drug-likeness (QED) is 0.679. The smallest absolute Gasteiger partial charge is 0.131 e. The van der Waals surface area contributed by atoms with Crippen molar-refractivity contribution in [3.8, 4) is 22.8 Å². The fraction of sp³-hybridized carbons (Fsp3) is 0. The fourth-order valence-corrected chi connectivity index (χ4v) is 2.03. The number of nitrogens with one attached hydrogen (secondary N) is 1. The van der Waals surface area contributed by atoms with Crippen molar-refractivity contribution in [1.82, 2.24) is 4.98 Å². The van der Waals surface area contributed by atoms with E-state index in [4.69, 9.17) is 0 Å². The van der Waals surface area contributed by atoms with E-state index in [9.17, 15) is 10.2 Å². The van der Waals surface area contributed by atoms with E-state index in [2.05, 4.69) is 10.3 Å². The van der Waals surface area contributed by atoms with E-state index in [-0.39, 0.29) is 11.5 Å². The van der Waals surface area contributed by atoms with Crippen molar-refractivity contribution in [3.05, 3.63) is 66.7 Å². The van der Waals surface area contributed by atoms with Crippen molar-refractivity contribution in [2.24, 2.45) is 0 Å². The van der Waals surface area contributed by atoms with Gasteiger partial charge in [0, 0.05) is 17.3 Å². The maximum Gasteiger partial charge on any atom is 0.131 e. The Morgan fingerprint density at radius 1 is 0.762 bits per heavy atom. The van der Waals surface area contributed by atoms with Crippen LogP contribution in [0.3, 0.4) is 0 Å². The van der Waals surface area contributed by atoms with Crippen molar-refractivity contribution in [1.29, 1.82) is 0 Å². The molecular weight excluding hydrogens is 264 g/mol. The molecule has 0 amide bonds. The van der Waals surface area contributed by atoms with E-state index in [0.29, 0.717) is 5.82 Å². The van der Waals surface area contributed by atoms with Gasteiger partial charge in [-0.15, -0.1) is 0 Å². The van der Waals surface area contributed by atoms with Crippen LogP contribution in [-0.2, 0) is 0 Å². The maximum absolute atomic E-state index is 9.47. The second kappa shape index (κ2) is 5.54. The highest BCUT2D eigenvalue weighted by molar-refractivity contribution is 5.65. The number of pyridine rings is 1. The summed E-state index contributed by atoms with van der Waals surface area (Å²) < 4.78 is 0. The molecule has 3 aromatic rings. The molecule has 104 valence electrons. The molecular formula is C17H14N2O2. The van der Waals surface area contributed by atoms with Crippen LogP contribution in [0.2, 0.25) is 0 Å². The van der Waals surface area contributed by atoms with Crippen LogP contribution in [0.5, 0.6) is 11.5 Å². The summed E-state index contributed by atoms with van der Waals surface area (Å²) in [5.41, 5.74) is 2.50. The number of benzene rings is 2. The molecule has 0 fully saturated rings. The molecule has 0 aliphatic rings. The largest absolute Gasteiger partial charge is 0.508 e. The predicted molar refractivity (Wildman–Crippen MR) is 82.7 cm³/mol. The zero-order chi connectivity index (χ0) is 14.7. The Morgan fingerprint density at radius 3 is 2.29 bits per heavy atom. The summed E-state index contributed by atoms with van der Waals surface area (Å²) in [6.07, 6.45) is 0. The molecule has 0 spiro atoms. The Kier molecular flexibility index (Phi) is 3.43. The van der Waals surface area contributed by atoms with Crippen LogP contribution < -0.4 is 5.32 Å². The lowest BCUT2D eigenvalue weighted by molar-refractivity contribution is 0.475. The molecule has 21 heavy (non-hydrogen) atoms. The van der Waals surface area contributed by atoms with E-state index < -0.39 is 0 Å². The first kappa shape index (κ1) is 13.0. The Hall–Kier alpha value is -3.01. The monoisotopic (exact) mass is 278 g/mol. The van der Waals surface area contributed by atoms with Gasteiger partial charge in [-0.3, -0.25) is 0 Å². The lowest BCUT2D eigenvalue weighted by atomic mass is 10.1. The molecule has 1 heterocycles. The van der Waals surface area contributed by atoms with Gasteiger partial charge < -0.3 is 15.5 Å². The highest BCUT2D eigenvalue weighted by Gasteiger charge is 2.02. The van der Waals surface area contributed by atoms with Crippen molar-refractivity contribution in [2.75, 3.05) is 5.32 Å². The third-order valence-electron chi connectivity index (χ3n) is 3.03. The van der Waals surface area contributed by atoms with Gasteiger partial charge in [0.15, 0.2) is 0 Å². The number of hydrogen-bond acceptors (Lipinski definition) is 4. The first-order valence-corrected chi connectivity index (χ1v) is 6.53. The minimum atomic E-state index is 0.203. The van der Waals surface area contributed by atoms with Gasteiger partial charge >= 0.3 is 0 Å². The van der Waals surface area contributed by atoms with Gasteiger partial charge in [0.05, 0.1) is 5.69 Å². The Bertz CT molecular complexity index is 755. The SMILES string of the molecule is Oc1ccc(-c2cccc(Nc3cccc(O)c3)n2)cc1. The third kappa shape index (κ3) is 3.12. The third-order valence-corrected chi connectivity index (χ3v) is 3.03. The second-order valence-electron chi connectivity index (χ2n) is 4.63. The number of hydrogen-bond donors (Lipinski definition) is 3. The summed E-state index contributed by atoms with van der Waals surface area (Å²) in [6, 6.07) is 19.4.